The molecular weight excluding hydrogens is 360 g/mol. The molecule has 0 aromatic carbocycles. The van der Waals surface area contributed by atoms with Crippen molar-refractivity contribution in [2.24, 2.45) is 0 Å². The van der Waals surface area contributed by atoms with Crippen molar-refractivity contribution in [1.29, 1.82) is 0 Å². The van der Waals surface area contributed by atoms with Crippen LogP contribution in [0.2, 0.25) is 0 Å². The van der Waals surface area contributed by atoms with Crippen LogP contribution >= 0.6 is 11.8 Å². The lowest BCUT2D eigenvalue weighted by atomic mass is 10.1. The Balaban J connectivity index is 1.76. The Morgan fingerprint density at radius 2 is 1.85 bits per heavy atom. The number of rotatable bonds is 17. The fourth-order valence-electron chi connectivity index (χ4n) is 3.09. The van der Waals surface area contributed by atoms with Gasteiger partial charge in [-0.2, -0.15) is 11.8 Å². The van der Waals surface area contributed by atoms with E-state index in [1.807, 2.05) is 11.8 Å². The van der Waals surface area contributed by atoms with Crippen molar-refractivity contribution < 1.29 is 19.0 Å². The van der Waals surface area contributed by atoms with Crippen molar-refractivity contribution in [1.82, 2.24) is 0 Å². The average Bonchev–Trinajstić information content (AvgIpc) is 3.17. The minimum Gasteiger partial charge on any atom is -0.469 e. The zero-order valence-corrected chi connectivity index (χ0v) is 18.3. The van der Waals surface area contributed by atoms with Gasteiger partial charge in [0.2, 0.25) is 0 Å². The molecule has 0 radical (unpaired) electrons. The van der Waals surface area contributed by atoms with E-state index in [0.717, 1.165) is 37.4 Å². The first kappa shape index (κ1) is 24.5. The monoisotopic (exact) mass is 400 g/mol. The van der Waals surface area contributed by atoms with Crippen LogP contribution in [0.5, 0.6) is 0 Å². The van der Waals surface area contributed by atoms with E-state index in [2.05, 4.69) is 23.8 Å². The zero-order valence-electron chi connectivity index (χ0n) is 17.5. The van der Waals surface area contributed by atoms with Gasteiger partial charge in [0.15, 0.2) is 6.29 Å². The van der Waals surface area contributed by atoms with Gasteiger partial charge in [-0.1, -0.05) is 31.4 Å². The molecule has 2 unspecified atom stereocenters. The van der Waals surface area contributed by atoms with Crippen molar-refractivity contribution >= 4 is 17.7 Å². The SMILES string of the molecule is COC(=O)CCSCCCC/C=C\CCCCCCC(C)OC1CCCO1. The summed E-state index contributed by atoms with van der Waals surface area (Å²) in [5.74, 6) is 1.91. The molecule has 0 aliphatic carbocycles. The van der Waals surface area contributed by atoms with Crippen LogP contribution in [-0.4, -0.2) is 43.6 Å². The molecule has 0 spiro atoms. The molecule has 0 aromatic rings. The topological polar surface area (TPSA) is 44.8 Å². The highest BCUT2D eigenvalue weighted by atomic mass is 32.2. The molecule has 2 atom stereocenters. The number of thioether (sulfide) groups is 1. The van der Waals surface area contributed by atoms with Crippen LogP contribution in [0.1, 0.15) is 84.0 Å². The van der Waals surface area contributed by atoms with Crippen molar-refractivity contribution in [3.8, 4) is 0 Å². The van der Waals surface area contributed by atoms with Crippen LogP contribution < -0.4 is 0 Å². The van der Waals surface area contributed by atoms with E-state index < -0.39 is 0 Å². The fraction of sp³-hybridized carbons (Fsp3) is 0.864. The number of allylic oxidation sites excluding steroid dienone is 2. The summed E-state index contributed by atoms with van der Waals surface area (Å²) in [5, 5.41) is 0. The van der Waals surface area contributed by atoms with Gasteiger partial charge >= 0.3 is 5.97 Å². The summed E-state index contributed by atoms with van der Waals surface area (Å²) in [6.45, 7) is 3.03. The van der Waals surface area contributed by atoms with Gasteiger partial charge in [0, 0.05) is 18.8 Å². The third-order valence-electron chi connectivity index (χ3n) is 4.76. The van der Waals surface area contributed by atoms with Crippen LogP contribution in [0.3, 0.4) is 0 Å². The van der Waals surface area contributed by atoms with Gasteiger partial charge in [-0.25, -0.2) is 0 Å². The van der Waals surface area contributed by atoms with Gasteiger partial charge in [-0.05, 0) is 57.6 Å². The number of carbonyl (C=O) groups excluding carboxylic acids is 1. The smallest absolute Gasteiger partial charge is 0.306 e. The summed E-state index contributed by atoms with van der Waals surface area (Å²) in [5.41, 5.74) is 0. The molecule has 1 heterocycles. The second-order valence-corrected chi connectivity index (χ2v) is 8.51. The quantitative estimate of drug-likeness (QED) is 0.173. The van der Waals surface area contributed by atoms with Crippen LogP contribution in [0.25, 0.3) is 0 Å². The molecule has 1 saturated heterocycles. The summed E-state index contributed by atoms with van der Waals surface area (Å²) in [6, 6.07) is 0. The Kier molecular flexibility index (Phi) is 16.0. The first-order chi connectivity index (χ1) is 13.2. The highest BCUT2D eigenvalue weighted by Gasteiger charge is 2.18. The normalized spacial score (nSPS) is 18.2. The van der Waals surface area contributed by atoms with Crippen LogP contribution in [-0.2, 0) is 19.0 Å². The summed E-state index contributed by atoms with van der Waals surface area (Å²) in [6.07, 6.45) is 18.9. The molecule has 0 amide bonds. The molecule has 1 fully saturated rings. The predicted octanol–water partition coefficient (Wildman–Crippen LogP) is 5.89. The molecule has 4 nitrogen and oxygen atoms in total. The maximum absolute atomic E-state index is 11.0. The fourth-order valence-corrected chi connectivity index (χ4v) is 4.02. The number of carbonyl (C=O) groups is 1. The highest BCUT2D eigenvalue weighted by molar-refractivity contribution is 7.99. The number of methoxy groups -OCH3 is 1. The van der Waals surface area contributed by atoms with E-state index in [9.17, 15) is 4.79 Å². The molecule has 0 aromatic heterocycles. The average molecular weight is 401 g/mol. The highest BCUT2D eigenvalue weighted by Crippen LogP contribution is 2.18. The zero-order chi connectivity index (χ0) is 19.6. The van der Waals surface area contributed by atoms with Crippen molar-refractivity contribution in [3.05, 3.63) is 12.2 Å². The Labute approximate surface area is 170 Å². The van der Waals surface area contributed by atoms with E-state index in [1.54, 1.807) is 0 Å². The Bertz CT molecular complexity index is 381. The molecular formula is C22H40O4S. The lowest BCUT2D eigenvalue weighted by Gasteiger charge is -2.17. The third kappa shape index (κ3) is 15.1. The van der Waals surface area contributed by atoms with Gasteiger partial charge in [-0.15, -0.1) is 0 Å². The molecule has 158 valence electrons. The van der Waals surface area contributed by atoms with Crippen LogP contribution in [0, 0.1) is 0 Å². The van der Waals surface area contributed by atoms with Crippen molar-refractivity contribution in [2.45, 2.75) is 96.4 Å². The summed E-state index contributed by atoms with van der Waals surface area (Å²) in [4.78, 5) is 11.0. The summed E-state index contributed by atoms with van der Waals surface area (Å²) >= 11 is 1.85. The standard InChI is InChI=1S/C22H40O4S/c1-20(26-22-15-13-17-25-22)14-11-9-7-5-3-4-6-8-10-12-18-27-19-16-21(23)24-2/h4,6,20,22H,3,5,7-19H2,1-2H3/b6-4-. The Hall–Kier alpha value is -0.520. The minimum absolute atomic E-state index is 0.0589. The summed E-state index contributed by atoms with van der Waals surface area (Å²) in [7, 11) is 1.45. The number of hydrogen-bond acceptors (Lipinski definition) is 5. The van der Waals surface area contributed by atoms with E-state index in [1.165, 1.54) is 58.5 Å². The number of hydrogen-bond donors (Lipinski definition) is 0. The van der Waals surface area contributed by atoms with Crippen LogP contribution in [0.4, 0.5) is 0 Å². The molecule has 1 aliphatic rings. The molecule has 27 heavy (non-hydrogen) atoms. The molecule has 0 bridgehead atoms. The van der Waals surface area contributed by atoms with Gasteiger partial charge in [-0.3, -0.25) is 4.79 Å². The van der Waals surface area contributed by atoms with E-state index in [0.29, 0.717) is 12.5 Å². The van der Waals surface area contributed by atoms with Crippen molar-refractivity contribution in [2.75, 3.05) is 25.2 Å². The number of esters is 1. The molecule has 0 N–H and O–H groups in total. The summed E-state index contributed by atoms with van der Waals surface area (Å²) < 4.78 is 16.0. The Morgan fingerprint density at radius 1 is 1.11 bits per heavy atom. The molecule has 1 aliphatic heterocycles. The second kappa shape index (κ2) is 17.6. The number of ether oxygens (including phenoxy) is 3. The van der Waals surface area contributed by atoms with Gasteiger partial charge in [0.1, 0.15) is 0 Å². The second-order valence-electron chi connectivity index (χ2n) is 7.29. The molecule has 5 heteroatoms. The van der Waals surface area contributed by atoms with Crippen molar-refractivity contribution in [3.63, 3.8) is 0 Å². The van der Waals surface area contributed by atoms with Gasteiger partial charge in [0.25, 0.3) is 0 Å². The first-order valence-electron chi connectivity index (χ1n) is 10.8. The molecule has 0 saturated carbocycles. The first-order valence-corrected chi connectivity index (χ1v) is 11.9. The largest absolute Gasteiger partial charge is 0.469 e. The minimum atomic E-state index is -0.105. The maximum Gasteiger partial charge on any atom is 0.306 e. The van der Waals surface area contributed by atoms with Gasteiger partial charge < -0.3 is 14.2 Å². The van der Waals surface area contributed by atoms with E-state index in [-0.39, 0.29) is 12.3 Å². The van der Waals surface area contributed by atoms with E-state index in [4.69, 9.17) is 9.47 Å². The van der Waals surface area contributed by atoms with Crippen LogP contribution in [0.15, 0.2) is 12.2 Å². The Morgan fingerprint density at radius 3 is 2.56 bits per heavy atom. The third-order valence-corrected chi connectivity index (χ3v) is 5.83. The molecule has 1 rings (SSSR count). The number of unbranched alkanes of at least 4 members (excludes halogenated alkanes) is 6. The van der Waals surface area contributed by atoms with Gasteiger partial charge in [0.05, 0.1) is 19.6 Å². The maximum atomic E-state index is 11.0. The predicted molar refractivity (Wildman–Crippen MR) is 114 cm³/mol. The van der Waals surface area contributed by atoms with E-state index >= 15 is 0 Å². The lowest BCUT2D eigenvalue weighted by molar-refractivity contribution is -0.141. The lowest BCUT2D eigenvalue weighted by Crippen LogP contribution is -2.18.